The number of ether oxygens (including phenoxy) is 1. The third-order valence-corrected chi connectivity index (χ3v) is 6.74. The van der Waals surface area contributed by atoms with Crippen LogP contribution in [0.4, 0.5) is 11.4 Å². The van der Waals surface area contributed by atoms with Gasteiger partial charge in [-0.3, -0.25) is 19.5 Å². The SMILES string of the molecule is COc1ccccc1N1C(=O)C(CC(=O)Nc2ccc3cc[nH]c3c2)N(N2CCCCC2)C1=S. The van der Waals surface area contributed by atoms with Gasteiger partial charge in [-0.25, -0.2) is 5.01 Å². The molecule has 2 aliphatic heterocycles. The van der Waals surface area contributed by atoms with Gasteiger partial charge in [0, 0.05) is 30.5 Å². The van der Waals surface area contributed by atoms with Crippen LogP contribution in [0.2, 0.25) is 0 Å². The average Bonchev–Trinajstić information content (AvgIpc) is 3.41. The first-order chi connectivity index (χ1) is 16.6. The summed E-state index contributed by atoms with van der Waals surface area (Å²) >= 11 is 5.81. The Bertz CT molecular complexity index is 1240. The van der Waals surface area contributed by atoms with Crippen LogP contribution in [0.3, 0.4) is 0 Å². The summed E-state index contributed by atoms with van der Waals surface area (Å²) < 4.78 is 5.49. The van der Waals surface area contributed by atoms with E-state index in [1.54, 1.807) is 13.2 Å². The zero-order chi connectivity index (χ0) is 23.7. The van der Waals surface area contributed by atoms with Crippen molar-refractivity contribution in [3.05, 3.63) is 54.7 Å². The molecule has 2 N–H and O–H groups in total. The van der Waals surface area contributed by atoms with Crippen molar-refractivity contribution in [2.45, 2.75) is 31.7 Å². The summed E-state index contributed by atoms with van der Waals surface area (Å²) in [5.74, 6) is 0.0899. The molecule has 8 nitrogen and oxygen atoms in total. The Morgan fingerprint density at radius 3 is 2.74 bits per heavy atom. The summed E-state index contributed by atoms with van der Waals surface area (Å²) in [7, 11) is 1.57. The molecule has 9 heteroatoms. The molecule has 1 aromatic heterocycles. The number of amides is 2. The number of nitrogens with one attached hydrogen (secondary N) is 2. The van der Waals surface area contributed by atoms with Crippen molar-refractivity contribution in [3.63, 3.8) is 0 Å². The quantitative estimate of drug-likeness (QED) is 0.524. The summed E-state index contributed by atoms with van der Waals surface area (Å²) in [6.45, 7) is 1.60. The second kappa shape index (κ2) is 9.44. The average molecular weight is 478 g/mol. The highest BCUT2D eigenvalue weighted by molar-refractivity contribution is 7.80. The zero-order valence-electron chi connectivity index (χ0n) is 19.0. The van der Waals surface area contributed by atoms with Gasteiger partial charge in [-0.15, -0.1) is 0 Å². The molecule has 2 amide bonds. The first kappa shape index (κ1) is 22.4. The molecule has 1 unspecified atom stereocenters. The molecule has 2 fully saturated rings. The number of anilines is 2. The van der Waals surface area contributed by atoms with E-state index in [-0.39, 0.29) is 18.2 Å². The van der Waals surface area contributed by atoms with Gasteiger partial charge in [0.2, 0.25) is 5.91 Å². The number of thiocarbonyl (C=S) groups is 1. The first-order valence-corrected chi connectivity index (χ1v) is 11.9. The number of fused-ring (bicyclic) bond motifs is 1. The van der Waals surface area contributed by atoms with E-state index in [0.717, 1.165) is 43.3 Å². The molecule has 2 aliphatic rings. The molecular weight excluding hydrogens is 450 g/mol. The van der Waals surface area contributed by atoms with Gasteiger partial charge in [-0.1, -0.05) is 24.6 Å². The van der Waals surface area contributed by atoms with Gasteiger partial charge < -0.3 is 15.0 Å². The Balaban J connectivity index is 1.42. The number of rotatable bonds is 6. The van der Waals surface area contributed by atoms with Gasteiger partial charge >= 0.3 is 0 Å². The number of hydrogen-bond donors (Lipinski definition) is 2. The Hall–Kier alpha value is -3.43. The number of nitrogens with zero attached hydrogens (tertiary/aromatic N) is 3. The Morgan fingerprint density at radius 1 is 1.15 bits per heavy atom. The molecule has 176 valence electrons. The van der Waals surface area contributed by atoms with Crippen LogP contribution < -0.4 is 15.0 Å². The van der Waals surface area contributed by atoms with Crippen LogP contribution in [0.15, 0.2) is 54.7 Å². The predicted molar refractivity (Wildman–Crippen MR) is 136 cm³/mol. The number of H-pyrrole nitrogens is 1. The first-order valence-electron chi connectivity index (χ1n) is 11.5. The number of methoxy groups -OCH3 is 1. The molecule has 0 bridgehead atoms. The van der Waals surface area contributed by atoms with Gasteiger partial charge in [0.1, 0.15) is 11.8 Å². The summed E-state index contributed by atoms with van der Waals surface area (Å²) in [6, 6.07) is 14.2. The van der Waals surface area contributed by atoms with Crippen molar-refractivity contribution in [1.29, 1.82) is 0 Å². The molecule has 3 aromatic rings. The Labute approximate surface area is 203 Å². The summed E-state index contributed by atoms with van der Waals surface area (Å²) in [4.78, 5) is 31.4. The molecular formula is C25H27N5O3S. The summed E-state index contributed by atoms with van der Waals surface area (Å²) in [6.07, 6.45) is 5.04. The standard InChI is InChI=1S/C25H27N5O3S/c1-33-22-8-4-3-7-20(22)29-24(32)21(30(25(29)34)28-13-5-2-6-14-28)16-23(31)27-18-10-9-17-11-12-26-19(17)15-18/h3-4,7-12,15,21,26H,2,5-6,13-14,16H2,1H3,(H,27,31). The number of carbonyl (C=O) groups excluding carboxylic acids is 2. The highest BCUT2D eigenvalue weighted by Gasteiger charge is 2.47. The number of benzene rings is 2. The third-order valence-electron chi connectivity index (χ3n) is 6.37. The maximum Gasteiger partial charge on any atom is 0.258 e. The van der Waals surface area contributed by atoms with E-state index < -0.39 is 6.04 Å². The molecule has 34 heavy (non-hydrogen) atoms. The molecule has 1 atom stereocenters. The van der Waals surface area contributed by atoms with Gasteiger partial charge in [0.25, 0.3) is 5.91 Å². The zero-order valence-corrected chi connectivity index (χ0v) is 19.8. The van der Waals surface area contributed by atoms with Gasteiger partial charge in [0.05, 0.1) is 19.2 Å². The lowest BCUT2D eigenvalue weighted by atomic mass is 10.1. The van der Waals surface area contributed by atoms with Crippen LogP contribution >= 0.6 is 12.2 Å². The van der Waals surface area contributed by atoms with Crippen LogP contribution in [0.5, 0.6) is 5.75 Å². The number of hydrazine groups is 1. The van der Waals surface area contributed by atoms with Gasteiger partial charge in [-0.2, -0.15) is 0 Å². The fraction of sp³-hybridized carbons (Fsp3) is 0.320. The minimum Gasteiger partial charge on any atom is -0.495 e. The number of carbonyl (C=O) groups is 2. The van der Waals surface area contributed by atoms with Crippen molar-refractivity contribution in [2.24, 2.45) is 0 Å². The highest BCUT2D eigenvalue weighted by Crippen LogP contribution is 2.35. The summed E-state index contributed by atoms with van der Waals surface area (Å²) in [5, 5.41) is 8.35. The third kappa shape index (κ3) is 4.12. The largest absolute Gasteiger partial charge is 0.495 e. The smallest absolute Gasteiger partial charge is 0.258 e. The number of piperidine rings is 1. The maximum atomic E-state index is 13.7. The minimum atomic E-state index is -0.718. The van der Waals surface area contributed by atoms with Crippen LogP contribution in [0.25, 0.3) is 10.9 Å². The van der Waals surface area contributed by atoms with Crippen molar-refractivity contribution < 1.29 is 14.3 Å². The topological polar surface area (TPSA) is 80.9 Å². The lowest BCUT2D eigenvalue weighted by Crippen LogP contribution is -2.51. The number of hydrogen-bond acceptors (Lipinski definition) is 5. The number of aromatic nitrogens is 1. The Kier molecular flexibility index (Phi) is 6.21. The van der Waals surface area contributed by atoms with E-state index in [2.05, 4.69) is 15.3 Å². The second-order valence-corrected chi connectivity index (χ2v) is 8.90. The lowest BCUT2D eigenvalue weighted by molar-refractivity contribution is -0.128. The summed E-state index contributed by atoms with van der Waals surface area (Å²) in [5.41, 5.74) is 2.20. The van der Waals surface area contributed by atoms with Gasteiger partial charge in [0.15, 0.2) is 5.11 Å². The molecule has 0 aliphatic carbocycles. The van der Waals surface area contributed by atoms with Gasteiger partial charge in [-0.05, 0) is 60.8 Å². The van der Waals surface area contributed by atoms with E-state index >= 15 is 0 Å². The Morgan fingerprint density at radius 2 is 1.94 bits per heavy atom. The molecule has 5 rings (SSSR count). The predicted octanol–water partition coefficient (Wildman–Crippen LogP) is 3.91. The van der Waals surface area contributed by atoms with E-state index in [0.29, 0.717) is 22.2 Å². The van der Waals surface area contributed by atoms with E-state index in [1.165, 1.54) is 4.90 Å². The van der Waals surface area contributed by atoms with Crippen molar-refractivity contribution >= 4 is 51.4 Å². The fourth-order valence-electron chi connectivity index (χ4n) is 4.72. The molecule has 0 spiro atoms. The van der Waals surface area contributed by atoms with Crippen LogP contribution in [-0.2, 0) is 9.59 Å². The second-order valence-electron chi connectivity index (χ2n) is 8.53. The van der Waals surface area contributed by atoms with E-state index in [4.69, 9.17) is 17.0 Å². The lowest BCUT2D eigenvalue weighted by Gasteiger charge is -2.38. The van der Waals surface area contributed by atoms with Crippen molar-refractivity contribution in [2.75, 3.05) is 30.4 Å². The van der Waals surface area contributed by atoms with Crippen molar-refractivity contribution in [3.8, 4) is 5.75 Å². The molecule has 0 radical (unpaired) electrons. The molecule has 0 saturated carbocycles. The maximum absolute atomic E-state index is 13.7. The van der Waals surface area contributed by atoms with E-state index in [9.17, 15) is 9.59 Å². The minimum absolute atomic E-state index is 0.0100. The van der Waals surface area contributed by atoms with Crippen LogP contribution in [-0.4, -0.2) is 58.2 Å². The van der Waals surface area contributed by atoms with Crippen LogP contribution in [0, 0.1) is 0 Å². The fourth-order valence-corrected chi connectivity index (χ4v) is 5.15. The highest BCUT2D eigenvalue weighted by atomic mass is 32.1. The monoisotopic (exact) mass is 477 g/mol. The molecule has 3 heterocycles. The molecule has 2 aromatic carbocycles. The van der Waals surface area contributed by atoms with Crippen molar-refractivity contribution in [1.82, 2.24) is 15.0 Å². The normalized spacial score (nSPS) is 19.1. The number of aromatic amines is 1. The molecule has 2 saturated heterocycles. The van der Waals surface area contributed by atoms with Crippen LogP contribution in [0.1, 0.15) is 25.7 Å². The number of para-hydroxylation sites is 2. The van der Waals surface area contributed by atoms with E-state index in [1.807, 2.05) is 53.7 Å².